The van der Waals surface area contributed by atoms with Gasteiger partial charge in [0.15, 0.2) is 0 Å². The first-order valence-corrected chi connectivity index (χ1v) is 10.1. The Morgan fingerprint density at radius 2 is 1.62 bits per heavy atom. The van der Waals surface area contributed by atoms with Crippen LogP contribution in [0.2, 0.25) is 0 Å². The molecular formula is C25H32O4. The van der Waals surface area contributed by atoms with Gasteiger partial charge in [0.2, 0.25) is 0 Å². The second-order valence-electron chi connectivity index (χ2n) is 7.78. The number of benzene rings is 2. The normalized spacial score (nSPS) is 12.5. The van der Waals surface area contributed by atoms with E-state index in [1.54, 1.807) is 13.0 Å². The molecule has 4 nitrogen and oxygen atoms in total. The third-order valence-electron chi connectivity index (χ3n) is 5.91. The highest BCUT2D eigenvalue weighted by Gasteiger charge is 2.31. The molecule has 0 saturated heterocycles. The molecule has 0 aliphatic heterocycles. The molecule has 0 saturated carbocycles. The Balaban J connectivity index is 2.42. The van der Waals surface area contributed by atoms with E-state index < -0.39 is 12.1 Å². The van der Waals surface area contributed by atoms with Crippen molar-refractivity contribution in [2.45, 2.75) is 59.0 Å². The van der Waals surface area contributed by atoms with E-state index in [0.717, 1.165) is 35.3 Å². The molecule has 0 heterocycles. The first-order chi connectivity index (χ1) is 13.7. The third kappa shape index (κ3) is 4.70. The summed E-state index contributed by atoms with van der Waals surface area (Å²) in [5.41, 5.74) is 4.88. The summed E-state index contributed by atoms with van der Waals surface area (Å²) in [5, 5.41) is 19.3. The zero-order chi connectivity index (χ0) is 21.8. The molecule has 0 amide bonds. The Morgan fingerprint density at radius 3 is 2.07 bits per heavy atom. The molecule has 1 atom stereocenters. The summed E-state index contributed by atoms with van der Waals surface area (Å²) < 4.78 is 5.79. The van der Waals surface area contributed by atoms with E-state index in [1.165, 1.54) is 5.56 Å². The van der Waals surface area contributed by atoms with Crippen molar-refractivity contribution in [1.82, 2.24) is 0 Å². The maximum atomic E-state index is 11.4. The lowest BCUT2D eigenvalue weighted by molar-refractivity contribution is 0.0696. The van der Waals surface area contributed by atoms with Crippen LogP contribution in [0.15, 0.2) is 48.6 Å². The summed E-state index contributed by atoms with van der Waals surface area (Å²) >= 11 is 0. The summed E-state index contributed by atoms with van der Waals surface area (Å²) in [6.45, 7) is 13.9. The van der Waals surface area contributed by atoms with Crippen molar-refractivity contribution in [2.75, 3.05) is 6.61 Å². The van der Waals surface area contributed by atoms with Gasteiger partial charge < -0.3 is 14.9 Å². The van der Waals surface area contributed by atoms with Crippen molar-refractivity contribution in [2.24, 2.45) is 0 Å². The second kappa shape index (κ2) is 9.27. The molecule has 4 heteroatoms. The number of aryl methyl sites for hydroxylation is 2. The predicted molar refractivity (Wildman–Crippen MR) is 117 cm³/mol. The number of aromatic carboxylic acids is 1. The van der Waals surface area contributed by atoms with Crippen LogP contribution in [-0.4, -0.2) is 28.9 Å². The van der Waals surface area contributed by atoms with Crippen molar-refractivity contribution in [3.8, 4) is 5.75 Å². The lowest BCUT2D eigenvalue weighted by Crippen LogP contribution is -2.26. The van der Waals surface area contributed by atoms with Gasteiger partial charge in [-0.3, -0.25) is 0 Å². The van der Waals surface area contributed by atoms with Gasteiger partial charge in [-0.05, 0) is 73.6 Å². The smallest absolute Gasteiger partial charge is 0.335 e. The molecule has 0 aliphatic rings. The highest BCUT2D eigenvalue weighted by Crippen LogP contribution is 2.41. The predicted octanol–water partition coefficient (Wildman–Crippen LogP) is 5.42. The van der Waals surface area contributed by atoms with Gasteiger partial charge in [0.1, 0.15) is 18.5 Å². The number of hydrogen-bond donors (Lipinski definition) is 2. The minimum absolute atomic E-state index is 0.179. The monoisotopic (exact) mass is 396 g/mol. The van der Waals surface area contributed by atoms with Gasteiger partial charge in [-0.1, -0.05) is 44.7 Å². The van der Waals surface area contributed by atoms with E-state index >= 15 is 0 Å². The van der Waals surface area contributed by atoms with Gasteiger partial charge in [0, 0.05) is 5.41 Å². The number of carboxylic acid groups (broad SMARTS) is 1. The molecule has 2 aromatic rings. The number of carbonyl (C=O) groups is 1. The molecule has 2 N–H and O–H groups in total. The number of rotatable bonds is 9. The van der Waals surface area contributed by atoms with E-state index in [4.69, 9.17) is 4.74 Å². The molecule has 2 rings (SSSR count). The number of hydrogen-bond acceptors (Lipinski definition) is 3. The quantitative estimate of drug-likeness (QED) is 0.555. The van der Waals surface area contributed by atoms with Gasteiger partial charge in [0.05, 0.1) is 5.56 Å². The molecule has 29 heavy (non-hydrogen) atoms. The van der Waals surface area contributed by atoms with E-state index in [-0.39, 0.29) is 12.0 Å². The van der Waals surface area contributed by atoms with Crippen LogP contribution in [-0.2, 0) is 5.41 Å². The van der Waals surface area contributed by atoms with E-state index in [2.05, 4.69) is 32.6 Å². The van der Waals surface area contributed by atoms with Gasteiger partial charge in [0.25, 0.3) is 0 Å². The highest BCUT2D eigenvalue weighted by atomic mass is 16.5. The minimum Gasteiger partial charge on any atom is -0.490 e. The van der Waals surface area contributed by atoms with E-state index in [9.17, 15) is 15.0 Å². The molecule has 0 fully saturated rings. The van der Waals surface area contributed by atoms with Crippen LogP contribution in [0.5, 0.6) is 5.75 Å². The number of aliphatic hydroxyl groups excluding tert-OH is 1. The molecule has 0 spiro atoms. The SMILES string of the molecule is C=C(C)[C@@H](O)COc1ccc(C(CC)(CC)c2ccc(C(=O)O)c(C)c2)cc1C. The maximum Gasteiger partial charge on any atom is 0.335 e. The lowest BCUT2D eigenvalue weighted by Gasteiger charge is -2.34. The number of aliphatic hydroxyl groups is 1. The summed E-state index contributed by atoms with van der Waals surface area (Å²) in [4.78, 5) is 11.4. The molecule has 0 radical (unpaired) electrons. The fraction of sp³-hybridized carbons (Fsp3) is 0.400. The topological polar surface area (TPSA) is 66.8 Å². The van der Waals surface area contributed by atoms with Gasteiger partial charge in [-0.15, -0.1) is 0 Å². The summed E-state index contributed by atoms with van der Waals surface area (Å²) in [6, 6.07) is 11.8. The Hall–Kier alpha value is -2.59. The van der Waals surface area contributed by atoms with Gasteiger partial charge in [-0.25, -0.2) is 4.79 Å². The van der Waals surface area contributed by atoms with Crippen LogP contribution < -0.4 is 4.74 Å². The van der Waals surface area contributed by atoms with Crippen molar-refractivity contribution >= 4 is 5.97 Å². The number of ether oxygens (including phenoxy) is 1. The second-order valence-corrected chi connectivity index (χ2v) is 7.78. The first-order valence-electron chi connectivity index (χ1n) is 10.1. The zero-order valence-corrected chi connectivity index (χ0v) is 18.1. The molecule has 2 aromatic carbocycles. The fourth-order valence-corrected chi connectivity index (χ4v) is 3.85. The summed E-state index contributed by atoms with van der Waals surface area (Å²) in [6.07, 6.45) is 1.10. The molecule has 0 aromatic heterocycles. The average Bonchev–Trinajstić information content (AvgIpc) is 2.68. The van der Waals surface area contributed by atoms with Crippen LogP contribution in [0.1, 0.15) is 66.2 Å². The van der Waals surface area contributed by atoms with Crippen molar-refractivity contribution in [3.05, 3.63) is 76.4 Å². The van der Waals surface area contributed by atoms with Gasteiger partial charge >= 0.3 is 5.97 Å². The van der Waals surface area contributed by atoms with Crippen LogP contribution in [0.3, 0.4) is 0 Å². The van der Waals surface area contributed by atoms with Crippen molar-refractivity contribution in [1.29, 1.82) is 0 Å². The van der Waals surface area contributed by atoms with E-state index in [0.29, 0.717) is 11.1 Å². The zero-order valence-electron chi connectivity index (χ0n) is 18.1. The lowest BCUT2D eigenvalue weighted by atomic mass is 9.70. The highest BCUT2D eigenvalue weighted by molar-refractivity contribution is 5.89. The Morgan fingerprint density at radius 1 is 1.07 bits per heavy atom. The van der Waals surface area contributed by atoms with Crippen molar-refractivity contribution in [3.63, 3.8) is 0 Å². The van der Waals surface area contributed by atoms with E-state index in [1.807, 2.05) is 32.0 Å². The van der Waals surface area contributed by atoms with Gasteiger partial charge in [-0.2, -0.15) is 0 Å². The van der Waals surface area contributed by atoms with Crippen LogP contribution in [0, 0.1) is 13.8 Å². The molecule has 156 valence electrons. The average molecular weight is 397 g/mol. The Bertz CT molecular complexity index is 894. The molecular weight excluding hydrogens is 364 g/mol. The van der Waals surface area contributed by atoms with Crippen molar-refractivity contribution < 1.29 is 19.7 Å². The largest absolute Gasteiger partial charge is 0.490 e. The molecule has 0 bridgehead atoms. The maximum absolute atomic E-state index is 11.4. The molecule has 0 unspecified atom stereocenters. The Labute approximate surface area is 173 Å². The fourth-order valence-electron chi connectivity index (χ4n) is 3.85. The third-order valence-corrected chi connectivity index (χ3v) is 5.91. The Kier molecular flexibility index (Phi) is 7.26. The number of carboxylic acids is 1. The van der Waals surface area contributed by atoms with Crippen LogP contribution in [0.4, 0.5) is 0 Å². The van der Waals surface area contributed by atoms with Crippen LogP contribution in [0.25, 0.3) is 0 Å². The standard InChI is InChI=1S/C25H32O4/c1-7-25(8-2,19-9-11-21(24(27)28)17(5)13-19)20-10-12-23(18(6)14-20)29-15-22(26)16(3)4/h9-14,22,26H,3,7-8,15H2,1-2,4-6H3,(H,27,28)/t22-/m0/s1. The summed E-state index contributed by atoms with van der Waals surface area (Å²) in [7, 11) is 0. The summed E-state index contributed by atoms with van der Waals surface area (Å²) in [5.74, 6) is -0.158. The minimum atomic E-state index is -0.901. The van der Waals surface area contributed by atoms with Crippen LogP contribution >= 0.6 is 0 Å². The molecule has 0 aliphatic carbocycles. The first kappa shape index (κ1) is 22.7.